The molecule has 1 aromatic carbocycles. The lowest BCUT2D eigenvalue weighted by Crippen LogP contribution is -2.48. The molecule has 2 rings (SSSR count). The van der Waals surface area contributed by atoms with Gasteiger partial charge >= 0.3 is 0 Å². The number of aliphatic hydroxyl groups excluding tert-OH is 1. The van der Waals surface area contributed by atoms with Crippen molar-refractivity contribution in [3.05, 3.63) is 29.3 Å². The Morgan fingerprint density at radius 3 is 2.83 bits per heavy atom. The van der Waals surface area contributed by atoms with Crippen molar-refractivity contribution in [2.45, 2.75) is 32.6 Å². The third-order valence-corrected chi connectivity index (χ3v) is 3.37. The van der Waals surface area contributed by atoms with Crippen LogP contribution in [0.1, 0.15) is 18.1 Å². The van der Waals surface area contributed by atoms with Gasteiger partial charge in [-0.15, -0.1) is 0 Å². The Balaban J connectivity index is 2.19. The van der Waals surface area contributed by atoms with Crippen molar-refractivity contribution in [2.24, 2.45) is 5.73 Å². The van der Waals surface area contributed by atoms with E-state index in [1.54, 1.807) is 0 Å². The Morgan fingerprint density at radius 1 is 1.44 bits per heavy atom. The molecule has 0 aromatic heterocycles. The molecule has 3 N–H and O–H groups in total. The maximum atomic E-state index is 9.26. The van der Waals surface area contributed by atoms with Gasteiger partial charge in [-0.3, -0.25) is 0 Å². The molecule has 0 aliphatic carbocycles. The molecule has 0 radical (unpaired) electrons. The van der Waals surface area contributed by atoms with Crippen molar-refractivity contribution >= 4 is 5.69 Å². The lowest BCUT2D eigenvalue weighted by atomic mass is 10.1. The van der Waals surface area contributed by atoms with E-state index in [9.17, 15) is 5.11 Å². The summed E-state index contributed by atoms with van der Waals surface area (Å²) < 4.78 is 5.66. The zero-order valence-corrected chi connectivity index (χ0v) is 11.1. The molecule has 1 heterocycles. The fourth-order valence-corrected chi connectivity index (χ4v) is 2.54. The van der Waals surface area contributed by atoms with Gasteiger partial charge in [0.2, 0.25) is 0 Å². The maximum Gasteiger partial charge on any atom is 0.0984 e. The van der Waals surface area contributed by atoms with E-state index < -0.39 is 0 Å². The van der Waals surface area contributed by atoms with Crippen molar-refractivity contribution in [2.75, 3.05) is 24.6 Å². The number of anilines is 1. The average molecular weight is 250 g/mol. The Morgan fingerprint density at radius 2 is 2.22 bits per heavy atom. The van der Waals surface area contributed by atoms with Crippen LogP contribution in [0.25, 0.3) is 0 Å². The number of hydrogen-bond acceptors (Lipinski definition) is 4. The van der Waals surface area contributed by atoms with Crippen LogP contribution in [0.5, 0.6) is 0 Å². The van der Waals surface area contributed by atoms with E-state index in [-0.39, 0.29) is 18.8 Å². The molecule has 0 bridgehead atoms. The summed E-state index contributed by atoms with van der Waals surface area (Å²) in [6.45, 7) is 6.38. The highest BCUT2D eigenvalue weighted by Crippen LogP contribution is 2.24. The summed E-state index contributed by atoms with van der Waals surface area (Å²) >= 11 is 0. The van der Waals surface area contributed by atoms with Crippen LogP contribution in [-0.2, 0) is 11.3 Å². The number of nitrogens with zero attached hydrogens (tertiary/aromatic N) is 1. The van der Waals surface area contributed by atoms with Crippen molar-refractivity contribution in [1.29, 1.82) is 0 Å². The van der Waals surface area contributed by atoms with E-state index in [1.807, 2.05) is 6.92 Å². The number of nitrogens with two attached hydrogens (primary N) is 1. The van der Waals surface area contributed by atoms with Gasteiger partial charge in [0.15, 0.2) is 0 Å². The minimum atomic E-state index is -0.0951. The van der Waals surface area contributed by atoms with Crippen molar-refractivity contribution in [3.63, 3.8) is 0 Å². The summed E-state index contributed by atoms with van der Waals surface area (Å²) in [5.74, 6) is 0. The largest absolute Gasteiger partial charge is 0.394 e. The zero-order chi connectivity index (χ0) is 13.1. The molecule has 4 nitrogen and oxygen atoms in total. The molecule has 100 valence electrons. The third kappa shape index (κ3) is 2.83. The van der Waals surface area contributed by atoms with Gasteiger partial charge < -0.3 is 20.5 Å². The first-order chi connectivity index (χ1) is 8.63. The Labute approximate surface area is 108 Å². The topological polar surface area (TPSA) is 58.7 Å². The van der Waals surface area contributed by atoms with Crippen LogP contribution in [0.4, 0.5) is 5.69 Å². The van der Waals surface area contributed by atoms with Gasteiger partial charge in [-0.25, -0.2) is 0 Å². The lowest BCUT2D eigenvalue weighted by Gasteiger charge is -2.38. The SMILES string of the molecule is Cc1cc(CN)ccc1N1CC(C)OC(CO)C1. The summed E-state index contributed by atoms with van der Waals surface area (Å²) in [5, 5.41) is 9.26. The summed E-state index contributed by atoms with van der Waals surface area (Å²) in [5.41, 5.74) is 9.23. The number of aliphatic hydroxyl groups is 1. The molecule has 2 unspecified atom stereocenters. The molecule has 18 heavy (non-hydrogen) atoms. The van der Waals surface area contributed by atoms with E-state index in [0.717, 1.165) is 18.7 Å². The fraction of sp³-hybridized carbons (Fsp3) is 0.571. The van der Waals surface area contributed by atoms with Gasteiger partial charge in [-0.05, 0) is 31.0 Å². The van der Waals surface area contributed by atoms with E-state index in [2.05, 4.69) is 30.0 Å². The average Bonchev–Trinajstić information content (AvgIpc) is 2.37. The maximum absolute atomic E-state index is 9.26. The first kappa shape index (κ1) is 13.3. The van der Waals surface area contributed by atoms with Crippen molar-refractivity contribution in [1.82, 2.24) is 0 Å². The predicted molar refractivity (Wildman–Crippen MR) is 72.7 cm³/mol. The molecule has 1 aromatic rings. The van der Waals surface area contributed by atoms with Gasteiger partial charge in [0.25, 0.3) is 0 Å². The van der Waals surface area contributed by atoms with Crippen molar-refractivity contribution < 1.29 is 9.84 Å². The molecule has 0 spiro atoms. The number of hydrogen-bond donors (Lipinski definition) is 2. The molecule has 1 fully saturated rings. The minimum Gasteiger partial charge on any atom is -0.394 e. The Kier molecular flexibility index (Phi) is 4.22. The van der Waals surface area contributed by atoms with Crippen molar-refractivity contribution in [3.8, 4) is 0 Å². The van der Waals surface area contributed by atoms with Crippen LogP contribution in [0, 0.1) is 6.92 Å². The summed E-state index contributed by atoms with van der Waals surface area (Å²) in [4.78, 5) is 2.28. The van der Waals surface area contributed by atoms with Crippen LogP contribution in [0.15, 0.2) is 18.2 Å². The van der Waals surface area contributed by atoms with E-state index in [1.165, 1.54) is 11.3 Å². The summed E-state index contributed by atoms with van der Waals surface area (Å²) in [6.07, 6.45) is 0.0480. The molecule has 0 saturated carbocycles. The first-order valence-corrected chi connectivity index (χ1v) is 6.45. The molecular formula is C14H22N2O2. The van der Waals surface area contributed by atoms with Gasteiger partial charge in [0.05, 0.1) is 18.8 Å². The van der Waals surface area contributed by atoms with E-state index in [0.29, 0.717) is 6.54 Å². The highest BCUT2D eigenvalue weighted by atomic mass is 16.5. The molecule has 2 atom stereocenters. The second kappa shape index (κ2) is 5.69. The van der Waals surface area contributed by atoms with Gasteiger partial charge in [0.1, 0.15) is 0 Å². The predicted octanol–water partition coefficient (Wildman–Crippen LogP) is 1.04. The van der Waals surface area contributed by atoms with E-state index in [4.69, 9.17) is 10.5 Å². The summed E-state index contributed by atoms with van der Waals surface area (Å²) in [6, 6.07) is 6.31. The highest BCUT2D eigenvalue weighted by Gasteiger charge is 2.25. The van der Waals surface area contributed by atoms with Gasteiger partial charge in [-0.2, -0.15) is 0 Å². The number of benzene rings is 1. The van der Waals surface area contributed by atoms with Gasteiger partial charge in [0, 0.05) is 25.3 Å². The summed E-state index contributed by atoms with van der Waals surface area (Å²) in [7, 11) is 0. The van der Waals surface area contributed by atoms with Crippen LogP contribution in [0.3, 0.4) is 0 Å². The minimum absolute atomic E-state index is 0.0702. The smallest absolute Gasteiger partial charge is 0.0984 e. The normalized spacial score (nSPS) is 24.3. The monoisotopic (exact) mass is 250 g/mol. The highest BCUT2D eigenvalue weighted by molar-refractivity contribution is 5.55. The number of rotatable bonds is 3. The molecule has 1 saturated heterocycles. The molecule has 1 aliphatic rings. The molecular weight excluding hydrogens is 228 g/mol. The van der Waals surface area contributed by atoms with Gasteiger partial charge in [-0.1, -0.05) is 12.1 Å². The second-order valence-corrected chi connectivity index (χ2v) is 4.98. The number of morpholine rings is 1. The lowest BCUT2D eigenvalue weighted by molar-refractivity contribution is -0.0421. The number of ether oxygens (including phenoxy) is 1. The quantitative estimate of drug-likeness (QED) is 0.841. The Bertz CT molecular complexity index is 409. The first-order valence-electron chi connectivity index (χ1n) is 6.45. The third-order valence-electron chi connectivity index (χ3n) is 3.37. The Hall–Kier alpha value is -1.10. The zero-order valence-electron chi connectivity index (χ0n) is 11.1. The number of aryl methyl sites for hydroxylation is 1. The van der Waals surface area contributed by atoms with Crippen LogP contribution >= 0.6 is 0 Å². The molecule has 0 amide bonds. The van der Waals surface area contributed by atoms with Crippen LogP contribution in [-0.4, -0.2) is 37.0 Å². The second-order valence-electron chi connectivity index (χ2n) is 4.98. The standard InChI is InChI=1S/C14H22N2O2/c1-10-5-12(6-15)3-4-14(10)16-7-11(2)18-13(8-16)9-17/h3-5,11,13,17H,6-9,15H2,1-2H3. The van der Waals surface area contributed by atoms with Crippen LogP contribution in [0.2, 0.25) is 0 Å². The van der Waals surface area contributed by atoms with Crippen LogP contribution < -0.4 is 10.6 Å². The molecule has 1 aliphatic heterocycles. The van der Waals surface area contributed by atoms with E-state index >= 15 is 0 Å². The molecule has 4 heteroatoms. The fourth-order valence-electron chi connectivity index (χ4n) is 2.54.